The summed E-state index contributed by atoms with van der Waals surface area (Å²) in [5, 5.41) is 5.98. The number of carbonyl (C=O) groups excluding carboxylic acids is 1. The highest BCUT2D eigenvalue weighted by Crippen LogP contribution is 2.20. The number of aromatic nitrogens is 2. The van der Waals surface area contributed by atoms with Gasteiger partial charge in [-0.05, 0) is 49.1 Å². The first-order chi connectivity index (χ1) is 13.0. The quantitative estimate of drug-likeness (QED) is 0.695. The Morgan fingerprint density at radius 2 is 1.89 bits per heavy atom. The molecule has 0 fully saturated rings. The van der Waals surface area contributed by atoms with Crippen LogP contribution in [0.25, 0.3) is 0 Å². The normalized spacial score (nSPS) is 10.5. The summed E-state index contributed by atoms with van der Waals surface area (Å²) in [5.74, 6) is -0.0514. The van der Waals surface area contributed by atoms with Gasteiger partial charge in [-0.25, -0.2) is 14.4 Å². The standard InChI is InChI=1S/C21H21FN4O/c1-14-7-8-15(2)18(11-14)26-20-12-19(24-13-25-20)21(27)23-10-9-16-5-3-4-6-17(16)22/h3-8,11-13H,9-10H2,1-2H3,(H,23,27)(H,24,25,26). The van der Waals surface area contributed by atoms with E-state index < -0.39 is 0 Å². The third-order valence-electron chi connectivity index (χ3n) is 4.19. The molecule has 1 heterocycles. The fourth-order valence-corrected chi connectivity index (χ4v) is 2.66. The molecule has 27 heavy (non-hydrogen) atoms. The predicted octanol–water partition coefficient (Wildman–Crippen LogP) is 3.95. The molecule has 6 heteroatoms. The summed E-state index contributed by atoms with van der Waals surface area (Å²) in [6.45, 7) is 4.34. The second-order valence-electron chi connectivity index (χ2n) is 6.33. The van der Waals surface area contributed by atoms with Crippen molar-refractivity contribution >= 4 is 17.4 Å². The highest BCUT2D eigenvalue weighted by molar-refractivity contribution is 5.93. The lowest BCUT2D eigenvalue weighted by Gasteiger charge is -2.11. The number of carbonyl (C=O) groups is 1. The smallest absolute Gasteiger partial charge is 0.270 e. The Hall–Kier alpha value is -3.28. The molecule has 0 saturated carbocycles. The molecule has 0 atom stereocenters. The van der Waals surface area contributed by atoms with Crippen LogP contribution in [0.5, 0.6) is 0 Å². The van der Waals surface area contributed by atoms with Gasteiger partial charge in [-0.3, -0.25) is 4.79 Å². The van der Waals surface area contributed by atoms with Crippen LogP contribution in [0.3, 0.4) is 0 Å². The van der Waals surface area contributed by atoms with Crippen LogP contribution in [0.4, 0.5) is 15.9 Å². The van der Waals surface area contributed by atoms with Crippen LogP contribution >= 0.6 is 0 Å². The minimum absolute atomic E-state index is 0.256. The molecule has 0 unspecified atom stereocenters. The molecule has 0 aliphatic heterocycles. The van der Waals surface area contributed by atoms with E-state index in [1.165, 1.54) is 12.4 Å². The molecule has 3 aromatic rings. The van der Waals surface area contributed by atoms with Crippen LogP contribution < -0.4 is 10.6 Å². The number of halogens is 1. The van der Waals surface area contributed by atoms with E-state index in [4.69, 9.17) is 0 Å². The summed E-state index contributed by atoms with van der Waals surface area (Å²) in [4.78, 5) is 20.5. The molecule has 0 aliphatic rings. The van der Waals surface area contributed by atoms with Crippen LogP contribution in [-0.4, -0.2) is 22.4 Å². The van der Waals surface area contributed by atoms with Gasteiger partial charge in [0.1, 0.15) is 23.7 Å². The number of nitrogens with zero attached hydrogens (tertiary/aromatic N) is 2. The third-order valence-corrected chi connectivity index (χ3v) is 4.19. The van der Waals surface area contributed by atoms with E-state index in [0.717, 1.165) is 16.8 Å². The number of hydrogen-bond acceptors (Lipinski definition) is 4. The van der Waals surface area contributed by atoms with Gasteiger partial charge < -0.3 is 10.6 Å². The monoisotopic (exact) mass is 364 g/mol. The van der Waals surface area contributed by atoms with Crippen LogP contribution in [0, 0.1) is 19.7 Å². The lowest BCUT2D eigenvalue weighted by atomic mass is 10.1. The number of rotatable bonds is 6. The summed E-state index contributed by atoms with van der Waals surface area (Å²) in [6, 6.07) is 14.2. The molecule has 1 aromatic heterocycles. The summed E-state index contributed by atoms with van der Waals surface area (Å²) in [6.07, 6.45) is 1.76. The predicted molar refractivity (Wildman–Crippen MR) is 104 cm³/mol. The van der Waals surface area contributed by atoms with Gasteiger partial charge in [0.05, 0.1) is 0 Å². The molecule has 5 nitrogen and oxygen atoms in total. The van der Waals surface area contributed by atoms with Crippen molar-refractivity contribution in [3.63, 3.8) is 0 Å². The fraction of sp³-hybridized carbons (Fsp3) is 0.190. The van der Waals surface area contributed by atoms with Crippen LogP contribution in [0.1, 0.15) is 27.2 Å². The van der Waals surface area contributed by atoms with Gasteiger partial charge in [-0.2, -0.15) is 0 Å². The van der Waals surface area contributed by atoms with E-state index in [2.05, 4.69) is 20.6 Å². The zero-order valence-electron chi connectivity index (χ0n) is 15.3. The Labute approximate surface area is 157 Å². The van der Waals surface area contributed by atoms with Crippen molar-refractivity contribution in [3.05, 3.63) is 83.1 Å². The lowest BCUT2D eigenvalue weighted by molar-refractivity contribution is 0.0949. The van der Waals surface area contributed by atoms with Gasteiger partial charge in [0.2, 0.25) is 0 Å². The molecule has 0 radical (unpaired) electrons. The topological polar surface area (TPSA) is 66.9 Å². The van der Waals surface area contributed by atoms with Crippen molar-refractivity contribution in [2.75, 3.05) is 11.9 Å². The highest BCUT2D eigenvalue weighted by Gasteiger charge is 2.10. The largest absolute Gasteiger partial charge is 0.350 e. The van der Waals surface area contributed by atoms with Crippen molar-refractivity contribution < 1.29 is 9.18 Å². The maximum Gasteiger partial charge on any atom is 0.270 e. The Morgan fingerprint density at radius 1 is 1.07 bits per heavy atom. The summed E-state index contributed by atoms with van der Waals surface area (Å²) in [7, 11) is 0. The van der Waals surface area contributed by atoms with Crippen molar-refractivity contribution in [2.24, 2.45) is 0 Å². The minimum Gasteiger partial charge on any atom is -0.350 e. The molecule has 0 bridgehead atoms. The van der Waals surface area contributed by atoms with Gasteiger partial charge in [0.25, 0.3) is 5.91 Å². The zero-order valence-corrected chi connectivity index (χ0v) is 15.3. The first-order valence-corrected chi connectivity index (χ1v) is 8.71. The molecule has 138 valence electrons. The molecule has 0 aliphatic carbocycles. The minimum atomic E-state index is -0.322. The first-order valence-electron chi connectivity index (χ1n) is 8.71. The lowest BCUT2D eigenvalue weighted by Crippen LogP contribution is -2.26. The van der Waals surface area contributed by atoms with Crippen LogP contribution in [-0.2, 0) is 6.42 Å². The molecule has 1 amide bonds. The number of benzene rings is 2. The Morgan fingerprint density at radius 3 is 2.70 bits per heavy atom. The SMILES string of the molecule is Cc1ccc(C)c(Nc2cc(C(=O)NCCc3ccccc3F)ncn2)c1. The number of aryl methyl sites for hydroxylation is 2. The van der Waals surface area contributed by atoms with Gasteiger partial charge in [-0.1, -0.05) is 30.3 Å². The second-order valence-corrected chi connectivity index (χ2v) is 6.33. The molecule has 0 spiro atoms. The van der Waals surface area contributed by atoms with E-state index >= 15 is 0 Å². The average molecular weight is 364 g/mol. The number of amides is 1. The van der Waals surface area contributed by atoms with E-state index in [9.17, 15) is 9.18 Å². The van der Waals surface area contributed by atoms with Crippen LogP contribution in [0.15, 0.2) is 54.9 Å². The number of hydrogen-bond donors (Lipinski definition) is 2. The van der Waals surface area contributed by atoms with E-state index in [-0.39, 0.29) is 17.4 Å². The number of anilines is 2. The highest BCUT2D eigenvalue weighted by atomic mass is 19.1. The van der Waals surface area contributed by atoms with E-state index in [1.807, 2.05) is 32.0 Å². The number of nitrogens with one attached hydrogen (secondary N) is 2. The Bertz CT molecular complexity index is 958. The maximum atomic E-state index is 13.6. The van der Waals surface area contributed by atoms with Crippen molar-refractivity contribution in [2.45, 2.75) is 20.3 Å². The molecular formula is C21H21FN4O. The maximum absolute atomic E-state index is 13.6. The zero-order chi connectivity index (χ0) is 19.2. The Kier molecular flexibility index (Phi) is 5.76. The molecule has 3 rings (SSSR count). The second kappa shape index (κ2) is 8.40. The van der Waals surface area contributed by atoms with Gasteiger partial charge in [0, 0.05) is 18.3 Å². The fourth-order valence-electron chi connectivity index (χ4n) is 2.66. The molecule has 2 N–H and O–H groups in total. The van der Waals surface area contributed by atoms with Crippen molar-refractivity contribution in [1.29, 1.82) is 0 Å². The Balaban J connectivity index is 1.63. The summed E-state index contributed by atoms with van der Waals surface area (Å²) in [5.41, 5.74) is 3.96. The molecular weight excluding hydrogens is 343 g/mol. The van der Waals surface area contributed by atoms with Gasteiger partial charge in [0.15, 0.2) is 0 Å². The summed E-state index contributed by atoms with van der Waals surface area (Å²) < 4.78 is 13.6. The summed E-state index contributed by atoms with van der Waals surface area (Å²) >= 11 is 0. The average Bonchev–Trinajstić information content (AvgIpc) is 2.66. The van der Waals surface area contributed by atoms with Crippen molar-refractivity contribution in [1.82, 2.24) is 15.3 Å². The van der Waals surface area contributed by atoms with Crippen LogP contribution in [0.2, 0.25) is 0 Å². The van der Waals surface area contributed by atoms with Crippen molar-refractivity contribution in [3.8, 4) is 0 Å². The molecule has 0 saturated heterocycles. The first kappa shape index (κ1) is 18.5. The molecule has 2 aromatic carbocycles. The van der Waals surface area contributed by atoms with Gasteiger partial charge >= 0.3 is 0 Å². The van der Waals surface area contributed by atoms with E-state index in [0.29, 0.717) is 24.3 Å². The third kappa shape index (κ3) is 4.88. The van der Waals surface area contributed by atoms with E-state index in [1.54, 1.807) is 24.3 Å². The van der Waals surface area contributed by atoms with Gasteiger partial charge in [-0.15, -0.1) is 0 Å².